The fourth-order valence-corrected chi connectivity index (χ4v) is 3.85. The number of aromatic nitrogens is 2. The fraction of sp³-hybridized carbons (Fsp3) is 0.476. The summed E-state index contributed by atoms with van der Waals surface area (Å²) in [5.74, 6) is 0.897. The summed E-state index contributed by atoms with van der Waals surface area (Å²) in [6, 6.07) is 8.06. The standard InChI is InChI=1S/C21H27N3O3/c1-14-18(15(2)23-21(26)22-14)13-20(25)24-12-6-4-5-7-19(24)16-8-10-17(27-3)11-9-16/h8-11,19H,4-7,12-13H2,1-3H3,(H,22,23,26)/t19-/m1/s1. The SMILES string of the molecule is COc1ccc([C@H]2CCCCCN2C(=O)Cc2c(C)nc(=O)[nH]c2C)cc1. The first kappa shape index (κ1) is 19.1. The molecule has 1 aliphatic rings. The quantitative estimate of drug-likeness (QED) is 0.899. The number of aromatic amines is 1. The summed E-state index contributed by atoms with van der Waals surface area (Å²) in [5, 5.41) is 0. The minimum absolute atomic E-state index is 0.0715. The molecule has 1 amide bonds. The first-order chi connectivity index (χ1) is 13.0. The Morgan fingerprint density at radius 1 is 1.22 bits per heavy atom. The van der Waals surface area contributed by atoms with Gasteiger partial charge in [-0.1, -0.05) is 25.0 Å². The second-order valence-corrected chi connectivity index (χ2v) is 7.13. The van der Waals surface area contributed by atoms with Gasteiger partial charge in [0.15, 0.2) is 0 Å². The molecular weight excluding hydrogens is 342 g/mol. The minimum atomic E-state index is -0.368. The highest BCUT2D eigenvalue weighted by Crippen LogP contribution is 2.31. The number of ether oxygens (including phenoxy) is 1. The van der Waals surface area contributed by atoms with Crippen LogP contribution >= 0.6 is 0 Å². The zero-order valence-electron chi connectivity index (χ0n) is 16.2. The molecule has 1 fully saturated rings. The molecule has 0 spiro atoms. The molecule has 6 nitrogen and oxygen atoms in total. The molecule has 3 rings (SSSR count). The van der Waals surface area contributed by atoms with E-state index < -0.39 is 0 Å². The first-order valence-electron chi connectivity index (χ1n) is 9.49. The summed E-state index contributed by atoms with van der Waals surface area (Å²) < 4.78 is 5.25. The maximum atomic E-state index is 13.2. The summed E-state index contributed by atoms with van der Waals surface area (Å²) in [6.07, 6.45) is 4.47. The number of nitrogens with one attached hydrogen (secondary N) is 1. The van der Waals surface area contributed by atoms with Crippen molar-refractivity contribution in [2.45, 2.75) is 52.0 Å². The van der Waals surface area contributed by atoms with Crippen LogP contribution in [0.25, 0.3) is 0 Å². The molecule has 1 aromatic carbocycles. The Labute approximate surface area is 159 Å². The number of nitrogens with zero attached hydrogens (tertiary/aromatic N) is 2. The van der Waals surface area contributed by atoms with Gasteiger partial charge in [-0.3, -0.25) is 4.79 Å². The van der Waals surface area contributed by atoms with Gasteiger partial charge in [-0.15, -0.1) is 0 Å². The second kappa shape index (κ2) is 8.37. The van der Waals surface area contributed by atoms with E-state index in [1.54, 1.807) is 14.0 Å². The average molecular weight is 369 g/mol. The Morgan fingerprint density at radius 2 is 1.96 bits per heavy atom. The second-order valence-electron chi connectivity index (χ2n) is 7.13. The molecule has 6 heteroatoms. The van der Waals surface area contributed by atoms with E-state index in [-0.39, 0.29) is 24.1 Å². The Bertz CT molecular complexity index is 832. The summed E-state index contributed by atoms with van der Waals surface area (Å²) in [7, 11) is 1.65. The number of methoxy groups -OCH3 is 1. The van der Waals surface area contributed by atoms with E-state index in [0.717, 1.165) is 54.8 Å². The van der Waals surface area contributed by atoms with E-state index in [4.69, 9.17) is 4.74 Å². The summed E-state index contributed by atoms with van der Waals surface area (Å²) >= 11 is 0. The normalized spacial score (nSPS) is 17.4. The van der Waals surface area contributed by atoms with Gasteiger partial charge in [0, 0.05) is 23.5 Å². The van der Waals surface area contributed by atoms with Crippen molar-refractivity contribution in [1.29, 1.82) is 0 Å². The number of amides is 1. The number of H-pyrrole nitrogens is 1. The van der Waals surface area contributed by atoms with Crippen LogP contribution in [0.2, 0.25) is 0 Å². The summed E-state index contributed by atoms with van der Waals surface area (Å²) in [5.41, 5.74) is 2.93. The number of benzene rings is 1. The molecule has 1 aromatic heterocycles. The Balaban J connectivity index is 1.86. The van der Waals surface area contributed by atoms with Crippen LogP contribution in [-0.4, -0.2) is 34.4 Å². The van der Waals surface area contributed by atoms with Gasteiger partial charge in [-0.25, -0.2) is 4.79 Å². The zero-order chi connectivity index (χ0) is 19.4. The van der Waals surface area contributed by atoms with Crippen molar-refractivity contribution >= 4 is 5.91 Å². The predicted molar refractivity (Wildman–Crippen MR) is 104 cm³/mol. The van der Waals surface area contributed by atoms with Crippen molar-refractivity contribution in [3.63, 3.8) is 0 Å². The third-order valence-electron chi connectivity index (χ3n) is 5.35. The molecule has 0 saturated carbocycles. The van der Waals surface area contributed by atoms with Gasteiger partial charge in [0.1, 0.15) is 5.75 Å². The smallest absolute Gasteiger partial charge is 0.345 e. The van der Waals surface area contributed by atoms with Gasteiger partial charge >= 0.3 is 5.69 Å². The van der Waals surface area contributed by atoms with E-state index in [0.29, 0.717) is 5.69 Å². The van der Waals surface area contributed by atoms with Crippen LogP contribution in [0.3, 0.4) is 0 Å². The Hall–Kier alpha value is -2.63. The zero-order valence-corrected chi connectivity index (χ0v) is 16.2. The van der Waals surface area contributed by atoms with Crippen molar-refractivity contribution in [2.75, 3.05) is 13.7 Å². The third-order valence-corrected chi connectivity index (χ3v) is 5.35. The summed E-state index contributed by atoms with van der Waals surface area (Å²) in [4.78, 5) is 33.4. The number of aryl methyl sites for hydroxylation is 2. The molecule has 1 atom stereocenters. The van der Waals surface area contributed by atoms with E-state index >= 15 is 0 Å². The topological polar surface area (TPSA) is 75.3 Å². The molecule has 2 heterocycles. The molecule has 2 aromatic rings. The van der Waals surface area contributed by atoms with E-state index in [1.807, 2.05) is 36.1 Å². The minimum Gasteiger partial charge on any atom is -0.497 e. The lowest BCUT2D eigenvalue weighted by atomic mass is 9.99. The van der Waals surface area contributed by atoms with Crippen molar-refractivity contribution in [3.05, 3.63) is 57.3 Å². The lowest BCUT2D eigenvalue weighted by Crippen LogP contribution is -2.36. The molecule has 27 heavy (non-hydrogen) atoms. The maximum Gasteiger partial charge on any atom is 0.345 e. The van der Waals surface area contributed by atoms with Crippen molar-refractivity contribution in [3.8, 4) is 5.75 Å². The predicted octanol–water partition coefficient (Wildman–Crippen LogP) is 3.08. The third kappa shape index (κ3) is 4.38. The van der Waals surface area contributed by atoms with Crippen LogP contribution in [0.15, 0.2) is 29.1 Å². The Kier molecular flexibility index (Phi) is 5.94. The monoisotopic (exact) mass is 369 g/mol. The van der Waals surface area contributed by atoms with Crippen LogP contribution in [-0.2, 0) is 11.2 Å². The van der Waals surface area contributed by atoms with E-state index in [1.165, 1.54) is 0 Å². The van der Waals surface area contributed by atoms with Crippen molar-refractivity contribution < 1.29 is 9.53 Å². The van der Waals surface area contributed by atoms with E-state index in [9.17, 15) is 9.59 Å². The molecule has 0 unspecified atom stereocenters. The van der Waals surface area contributed by atoms with Gasteiger partial charge in [0.05, 0.1) is 19.6 Å². The number of hydrogen-bond acceptors (Lipinski definition) is 4. The van der Waals surface area contributed by atoms with Crippen LogP contribution in [0.1, 0.15) is 54.2 Å². The van der Waals surface area contributed by atoms with Gasteiger partial charge in [-0.05, 0) is 44.4 Å². The molecular formula is C21H27N3O3. The molecule has 1 N–H and O–H groups in total. The molecule has 1 saturated heterocycles. The number of carbonyl (C=O) groups is 1. The highest BCUT2D eigenvalue weighted by Gasteiger charge is 2.27. The van der Waals surface area contributed by atoms with Crippen LogP contribution in [0.4, 0.5) is 0 Å². The fourth-order valence-electron chi connectivity index (χ4n) is 3.85. The van der Waals surface area contributed by atoms with Crippen LogP contribution in [0.5, 0.6) is 5.75 Å². The number of likely N-dealkylation sites (tertiary alicyclic amines) is 1. The van der Waals surface area contributed by atoms with Crippen molar-refractivity contribution in [2.24, 2.45) is 0 Å². The molecule has 144 valence electrons. The lowest BCUT2D eigenvalue weighted by molar-refractivity contribution is -0.133. The molecule has 0 radical (unpaired) electrons. The molecule has 0 aliphatic carbocycles. The number of rotatable bonds is 4. The van der Waals surface area contributed by atoms with Gasteiger partial charge in [-0.2, -0.15) is 4.98 Å². The molecule has 0 bridgehead atoms. The largest absolute Gasteiger partial charge is 0.497 e. The average Bonchev–Trinajstić information content (AvgIpc) is 2.90. The van der Waals surface area contributed by atoms with E-state index in [2.05, 4.69) is 9.97 Å². The van der Waals surface area contributed by atoms with Gasteiger partial charge in [0.2, 0.25) is 5.91 Å². The van der Waals surface area contributed by atoms with Crippen LogP contribution < -0.4 is 10.4 Å². The first-order valence-corrected chi connectivity index (χ1v) is 9.49. The number of carbonyl (C=O) groups excluding carboxylic acids is 1. The summed E-state index contributed by atoms with van der Waals surface area (Å²) in [6.45, 7) is 4.36. The lowest BCUT2D eigenvalue weighted by Gasteiger charge is -2.31. The maximum absolute atomic E-state index is 13.2. The van der Waals surface area contributed by atoms with Crippen molar-refractivity contribution in [1.82, 2.24) is 14.9 Å². The van der Waals surface area contributed by atoms with Crippen LogP contribution in [0, 0.1) is 13.8 Å². The molecule has 1 aliphatic heterocycles. The van der Waals surface area contributed by atoms with Gasteiger partial charge in [0.25, 0.3) is 0 Å². The Morgan fingerprint density at radius 3 is 2.63 bits per heavy atom. The van der Waals surface area contributed by atoms with Gasteiger partial charge < -0.3 is 14.6 Å². The highest BCUT2D eigenvalue weighted by atomic mass is 16.5. The number of hydrogen-bond donors (Lipinski definition) is 1. The highest BCUT2D eigenvalue weighted by molar-refractivity contribution is 5.79.